The van der Waals surface area contributed by atoms with Gasteiger partial charge in [-0.25, -0.2) is 0 Å². The lowest BCUT2D eigenvalue weighted by Gasteiger charge is -2.16. The van der Waals surface area contributed by atoms with Crippen LogP contribution < -0.4 is 5.32 Å². The molecule has 0 spiro atoms. The molecule has 0 aromatic heterocycles. The zero-order valence-corrected chi connectivity index (χ0v) is 10.7. The number of methoxy groups -OCH3 is 1. The number of nitrogens with one attached hydrogen (secondary N) is 1. The molecular formula is C13H19NOS. The SMILES string of the molecule is CCC1CSC(c2ccccc2COC)N1. The largest absolute Gasteiger partial charge is 0.380 e. The maximum absolute atomic E-state index is 5.24. The maximum Gasteiger partial charge on any atom is 0.0795 e. The van der Waals surface area contributed by atoms with Gasteiger partial charge in [-0.2, -0.15) is 0 Å². The third-order valence-electron chi connectivity index (χ3n) is 2.98. The van der Waals surface area contributed by atoms with Gasteiger partial charge in [-0.3, -0.25) is 5.32 Å². The Morgan fingerprint density at radius 3 is 2.94 bits per heavy atom. The van der Waals surface area contributed by atoms with Gasteiger partial charge >= 0.3 is 0 Å². The molecule has 1 aliphatic rings. The van der Waals surface area contributed by atoms with Gasteiger partial charge in [-0.05, 0) is 17.5 Å². The molecule has 16 heavy (non-hydrogen) atoms. The summed E-state index contributed by atoms with van der Waals surface area (Å²) < 4.78 is 5.24. The molecule has 2 atom stereocenters. The molecule has 1 aromatic rings. The van der Waals surface area contributed by atoms with Gasteiger partial charge in [0.05, 0.1) is 12.0 Å². The molecular weight excluding hydrogens is 218 g/mol. The topological polar surface area (TPSA) is 21.3 Å². The third-order valence-corrected chi connectivity index (χ3v) is 4.30. The highest BCUT2D eigenvalue weighted by molar-refractivity contribution is 7.99. The van der Waals surface area contributed by atoms with Crippen LogP contribution in [-0.2, 0) is 11.3 Å². The van der Waals surface area contributed by atoms with Gasteiger partial charge in [0.15, 0.2) is 0 Å². The molecule has 0 saturated carbocycles. The molecule has 0 bridgehead atoms. The van der Waals surface area contributed by atoms with Crippen LogP contribution in [0.2, 0.25) is 0 Å². The van der Waals surface area contributed by atoms with Gasteiger partial charge in [-0.1, -0.05) is 31.2 Å². The summed E-state index contributed by atoms with van der Waals surface area (Å²) in [6.07, 6.45) is 1.20. The third kappa shape index (κ3) is 2.59. The fourth-order valence-electron chi connectivity index (χ4n) is 2.01. The van der Waals surface area contributed by atoms with Crippen molar-refractivity contribution in [1.29, 1.82) is 0 Å². The molecule has 1 fully saturated rings. The molecule has 3 heteroatoms. The molecule has 88 valence electrons. The van der Waals surface area contributed by atoms with Gasteiger partial charge < -0.3 is 4.74 Å². The molecule has 1 aromatic carbocycles. The highest BCUT2D eigenvalue weighted by Gasteiger charge is 2.25. The average molecular weight is 237 g/mol. The average Bonchev–Trinajstić information content (AvgIpc) is 2.79. The monoisotopic (exact) mass is 237 g/mol. The van der Waals surface area contributed by atoms with E-state index < -0.39 is 0 Å². The van der Waals surface area contributed by atoms with E-state index in [0.29, 0.717) is 18.0 Å². The van der Waals surface area contributed by atoms with Crippen LogP contribution >= 0.6 is 11.8 Å². The van der Waals surface area contributed by atoms with Crippen molar-refractivity contribution in [3.63, 3.8) is 0 Å². The lowest BCUT2D eigenvalue weighted by molar-refractivity contribution is 0.184. The van der Waals surface area contributed by atoms with Crippen molar-refractivity contribution in [1.82, 2.24) is 5.32 Å². The standard InChI is InChI=1S/C13H19NOS/c1-3-11-9-16-13(14-11)12-7-5-4-6-10(12)8-15-2/h4-7,11,13-14H,3,8-9H2,1-2H3. The van der Waals surface area contributed by atoms with E-state index >= 15 is 0 Å². The second kappa shape index (κ2) is 5.71. The zero-order chi connectivity index (χ0) is 11.4. The summed E-state index contributed by atoms with van der Waals surface area (Å²) in [6.45, 7) is 2.94. The Balaban J connectivity index is 2.14. The molecule has 0 amide bonds. The fraction of sp³-hybridized carbons (Fsp3) is 0.538. The van der Waals surface area contributed by atoms with Crippen molar-refractivity contribution in [3.8, 4) is 0 Å². The van der Waals surface area contributed by atoms with Crippen LogP contribution in [0, 0.1) is 0 Å². The van der Waals surface area contributed by atoms with E-state index in [1.54, 1.807) is 7.11 Å². The van der Waals surface area contributed by atoms with Crippen LogP contribution in [0.3, 0.4) is 0 Å². The molecule has 1 heterocycles. The maximum atomic E-state index is 5.24. The van der Waals surface area contributed by atoms with E-state index in [9.17, 15) is 0 Å². The Bertz CT molecular complexity index is 342. The first kappa shape index (κ1) is 12.0. The van der Waals surface area contributed by atoms with E-state index in [0.717, 1.165) is 0 Å². The van der Waals surface area contributed by atoms with Crippen LogP contribution in [0.15, 0.2) is 24.3 Å². The Labute approximate surface area is 102 Å². The first-order valence-corrected chi connectivity index (χ1v) is 6.84. The molecule has 1 aliphatic heterocycles. The van der Waals surface area contributed by atoms with Crippen LogP contribution in [-0.4, -0.2) is 18.9 Å². The number of rotatable bonds is 4. The van der Waals surface area contributed by atoms with Crippen molar-refractivity contribution < 1.29 is 4.74 Å². The van der Waals surface area contributed by atoms with Crippen LogP contribution in [0.5, 0.6) is 0 Å². The number of ether oxygens (including phenoxy) is 1. The first-order chi connectivity index (χ1) is 7.85. The minimum absolute atomic E-state index is 0.441. The summed E-state index contributed by atoms with van der Waals surface area (Å²) in [5, 5.41) is 4.10. The molecule has 2 rings (SSSR count). The highest BCUT2D eigenvalue weighted by atomic mass is 32.2. The Morgan fingerprint density at radius 2 is 2.25 bits per heavy atom. The lowest BCUT2D eigenvalue weighted by Crippen LogP contribution is -2.25. The number of hydrogen-bond acceptors (Lipinski definition) is 3. The van der Waals surface area contributed by atoms with E-state index in [4.69, 9.17) is 4.74 Å². The molecule has 0 aliphatic carbocycles. The molecule has 2 unspecified atom stereocenters. The summed E-state index contributed by atoms with van der Waals surface area (Å²) in [7, 11) is 1.75. The lowest BCUT2D eigenvalue weighted by atomic mass is 10.1. The smallest absolute Gasteiger partial charge is 0.0795 e. The molecule has 1 N–H and O–H groups in total. The van der Waals surface area contributed by atoms with E-state index in [1.165, 1.54) is 23.3 Å². The van der Waals surface area contributed by atoms with Crippen LogP contribution in [0.4, 0.5) is 0 Å². The predicted molar refractivity (Wildman–Crippen MR) is 69.6 cm³/mol. The van der Waals surface area contributed by atoms with Crippen molar-refractivity contribution in [3.05, 3.63) is 35.4 Å². The summed E-state index contributed by atoms with van der Waals surface area (Å²) in [5.41, 5.74) is 2.68. The Morgan fingerprint density at radius 1 is 1.44 bits per heavy atom. The summed E-state index contributed by atoms with van der Waals surface area (Å²) in [6, 6.07) is 9.20. The van der Waals surface area contributed by atoms with E-state index in [-0.39, 0.29) is 0 Å². The number of thioether (sulfide) groups is 1. The highest BCUT2D eigenvalue weighted by Crippen LogP contribution is 2.35. The van der Waals surface area contributed by atoms with Crippen molar-refractivity contribution in [2.75, 3.05) is 12.9 Å². The Hall–Kier alpha value is -0.510. The summed E-state index contributed by atoms with van der Waals surface area (Å²) in [5.74, 6) is 1.21. The molecule has 2 nitrogen and oxygen atoms in total. The second-order valence-corrected chi connectivity index (χ2v) is 5.26. The minimum Gasteiger partial charge on any atom is -0.380 e. The van der Waals surface area contributed by atoms with Gasteiger partial charge in [0.25, 0.3) is 0 Å². The minimum atomic E-state index is 0.441. The molecule has 0 radical (unpaired) electrons. The van der Waals surface area contributed by atoms with Gasteiger partial charge in [0.2, 0.25) is 0 Å². The zero-order valence-electron chi connectivity index (χ0n) is 9.90. The van der Waals surface area contributed by atoms with Crippen LogP contribution in [0.25, 0.3) is 0 Å². The fourth-order valence-corrected chi connectivity index (χ4v) is 3.47. The normalized spacial score (nSPS) is 24.9. The second-order valence-electron chi connectivity index (χ2n) is 4.12. The quantitative estimate of drug-likeness (QED) is 0.870. The van der Waals surface area contributed by atoms with Gasteiger partial charge in [0.1, 0.15) is 0 Å². The summed E-state index contributed by atoms with van der Waals surface area (Å²) >= 11 is 2.00. The van der Waals surface area contributed by atoms with E-state index in [2.05, 4.69) is 36.5 Å². The Kier molecular flexibility index (Phi) is 4.27. The number of benzene rings is 1. The number of hydrogen-bond donors (Lipinski definition) is 1. The van der Waals surface area contributed by atoms with Crippen LogP contribution in [0.1, 0.15) is 29.8 Å². The van der Waals surface area contributed by atoms with Crippen molar-refractivity contribution in [2.45, 2.75) is 31.4 Å². The predicted octanol–water partition coefficient (Wildman–Crippen LogP) is 2.95. The first-order valence-electron chi connectivity index (χ1n) is 5.79. The van der Waals surface area contributed by atoms with E-state index in [1.807, 2.05) is 11.8 Å². The van der Waals surface area contributed by atoms with Crippen molar-refractivity contribution in [2.24, 2.45) is 0 Å². The molecule has 1 saturated heterocycles. The van der Waals surface area contributed by atoms with Crippen molar-refractivity contribution >= 4 is 11.8 Å². The summed E-state index contributed by atoms with van der Waals surface area (Å²) in [4.78, 5) is 0. The van der Waals surface area contributed by atoms with Gasteiger partial charge in [-0.15, -0.1) is 11.8 Å². The van der Waals surface area contributed by atoms with Gasteiger partial charge in [0, 0.05) is 18.9 Å².